The summed E-state index contributed by atoms with van der Waals surface area (Å²) in [4.78, 5) is 14.4. The zero-order valence-corrected chi connectivity index (χ0v) is 11.2. The molecule has 4 nitrogen and oxygen atoms in total. The average Bonchev–Trinajstić information content (AvgIpc) is 2.35. The minimum atomic E-state index is -0.137. The lowest BCUT2D eigenvalue weighted by Gasteiger charge is -2.29. The summed E-state index contributed by atoms with van der Waals surface area (Å²) in [5.74, 6) is -0.137. The Balaban J connectivity index is 2.01. The molecule has 1 aliphatic heterocycles. The maximum atomic E-state index is 12.1. The second-order valence-corrected chi connectivity index (χ2v) is 5.20. The molecule has 0 bridgehead atoms. The molecule has 5 heteroatoms. The molecule has 18 heavy (non-hydrogen) atoms. The summed E-state index contributed by atoms with van der Waals surface area (Å²) in [7, 11) is 2.09. The first-order valence-corrected chi connectivity index (χ1v) is 6.48. The monoisotopic (exact) mass is 267 g/mol. The number of hydrogen-bond acceptors (Lipinski definition) is 3. The molecule has 1 heterocycles. The highest BCUT2D eigenvalue weighted by atomic mass is 35.5. The molecule has 3 N–H and O–H groups in total. The van der Waals surface area contributed by atoms with Crippen LogP contribution in [0.4, 0.5) is 5.69 Å². The highest BCUT2D eigenvalue weighted by Crippen LogP contribution is 2.19. The number of piperidine rings is 1. The van der Waals surface area contributed by atoms with Gasteiger partial charge in [0.2, 0.25) is 0 Å². The quantitative estimate of drug-likeness (QED) is 0.803. The van der Waals surface area contributed by atoms with E-state index in [0.29, 0.717) is 16.3 Å². The van der Waals surface area contributed by atoms with Gasteiger partial charge in [-0.2, -0.15) is 0 Å². The number of likely N-dealkylation sites (tertiary alicyclic amines) is 1. The number of halogens is 1. The van der Waals surface area contributed by atoms with Gasteiger partial charge in [-0.15, -0.1) is 0 Å². The van der Waals surface area contributed by atoms with Crippen LogP contribution in [0.3, 0.4) is 0 Å². The Morgan fingerprint density at radius 3 is 2.78 bits per heavy atom. The van der Waals surface area contributed by atoms with E-state index in [1.165, 1.54) is 0 Å². The molecule has 1 saturated heterocycles. The smallest absolute Gasteiger partial charge is 0.253 e. The number of amides is 1. The molecule has 0 radical (unpaired) electrons. The van der Waals surface area contributed by atoms with Gasteiger partial charge in [0.05, 0.1) is 10.6 Å². The van der Waals surface area contributed by atoms with Crippen molar-refractivity contribution in [3.8, 4) is 0 Å². The van der Waals surface area contributed by atoms with Gasteiger partial charge in [0, 0.05) is 11.7 Å². The van der Waals surface area contributed by atoms with Crippen molar-refractivity contribution < 1.29 is 4.79 Å². The van der Waals surface area contributed by atoms with E-state index in [-0.39, 0.29) is 11.9 Å². The maximum Gasteiger partial charge on any atom is 0.253 e. The van der Waals surface area contributed by atoms with Gasteiger partial charge in [-0.1, -0.05) is 11.6 Å². The van der Waals surface area contributed by atoms with Crippen molar-refractivity contribution in [3.63, 3.8) is 0 Å². The first kappa shape index (κ1) is 13.2. The van der Waals surface area contributed by atoms with Crippen LogP contribution in [0.25, 0.3) is 0 Å². The van der Waals surface area contributed by atoms with E-state index < -0.39 is 0 Å². The molecule has 0 saturated carbocycles. The molecule has 2 rings (SSSR count). The fraction of sp³-hybridized carbons (Fsp3) is 0.462. The number of nitrogen functional groups attached to an aromatic ring is 1. The number of rotatable bonds is 2. The van der Waals surface area contributed by atoms with E-state index in [1.54, 1.807) is 18.2 Å². The van der Waals surface area contributed by atoms with Crippen LogP contribution in [0, 0.1) is 0 Å². The van der Waals surface area contributed by atoms with Crippen LogP contribution in [0.2, 0.25) is 5.02 Å². The molecule has 1 amide bonds. The summed E-state index contributed by atoms with van der Waals surface area (Å²) in [6, 6.07) is 5.19. The topological polar surface area (TPSA) is 58.4 Å². The van der Waals surface area contributed by atoms with Crippen LogP contribution >= 0.6 is 11.6 Å². The van der Waals surface area contributed by atoms with Crippen LogP contribution in [0.1, 0.15) is 23.2 Å². The third kappa shape index (κ3) is 3.15. The van der Waals surface area contributed by atoms with E-state index in [1.807, 2.05) is 0 Å². The Hall–Kier alpha value is -1.26. The maximum absolute atomic E-state index is 12.1. The lowest BCUT2D eigenvalue weighted by Crippen LogP contribution is -2.43. The van der Waals surface area contributed by atoms with Crippen molar-refractivity contribution >= 4 is 23.2 Å². The summed E-state index contributed by atoms with van der Waals surface area (Å²) in [5, 5.41) is 3.46. The van der Waals surface area contributed by atoms with Crippen molar-refractivity contribution in [2.45, 2.75) is 18.9 Å². The first-order chi connectivity index (χ1) is 8.56. The molecule has 1 fully saturated rings. The van der Waals surface area contributed by atoms with Crippen molar-refractivity contribution in [2.75, 3.05) is 25.9 Å². The number of nitrogens with zero attached hydrogens (tertiary/aromatic N) is 1. The largest absolute Gasteiger partial charge is 0.399 e. The summed E-state index contributed by atoms with van der Waals surface area (Å²) in [5.41, 5.74) is 6.67. The molecule has 0 aliphatic carbocycles. The highest BCUT2D eigenvalue weighted by molar-refractivity contribution is 6.34. The molecular formula is C13H18ClN3O. The second-order valence-electron chi connectivity index (χ2n) is 4.79. The molecule has 1 aromatic rings. The Labute approximate surface area is 112 Å². The van der Waals surface area contributed by atoms with Crippen molar-refractivity contribution in [1.29, 1.82) is 0 Å². The van der Waals surface area contributed by atoms with E-state index in [4.69, 9.17) is 17.3 Å². The van der Waals surface area contributed by atoms with Gasteiger partial charge in [0.15, 0.2) is 0 Å². The normalized spacial score (nSPS) is 17.7. The summed E-state index contributed by atoms with van der Waals surface area (Å²) < 4.78 is 0. The van der Waals surface area contributed by atoms with Crippen LogP contribution in [0.15, 0.2) is 18.2 Å². The predicted octanol–water partition coefficient (Wildman–Crippen LogP) is 1.75. The van der Waals surface area contributed by atoms with E-state index in [0.717, 1.165) is 25.9 Å². The molecule has 98 valence electrons. The van der Waals surface area contributed by atoms with E-state index in [2.05, 4.69) is 17.3 Å². The summed E-state index contributed by atoms with van der Waals surface area (Å²) in [6.07, 6.45) is 1.95. The Morgan fingerprint density at radius 1 is 1.44 bits per heavy atom. The minimum Gasteiger partial charge on any atom is -0.399 e. The number of benzene rings is 1. The molecule has 0 atom stereocenters. The average molecular weight is 268 g/mol. The molecule has 0 aromatic heterocycles. The number of anilines is 1. The third-order valence-corrected chi connectivity index (χ3v) is 3.62. The Bertz CT molecular complexity index is 442. The SMILES string of the molecule is CN1CCC(NC(=O)c2cc(N)ccc2Cl)CC1. The van der Waals surface area contributed by atoms with Crippen molar-refractivity contribution in [2.24, 2.45) is 0 Å². The van der Waals surface area contributed by atoms with E-state index in [9.17, 15) is 4.79 Å². The molecule has 0 spiro atoms. The fourth-order valence-corrected chi connectivity index (χ4v) is 2.34. The Morgan fingerprint density at radius 2 is 2.11 bits per heavy atom. The van der Waals surface area contributed by atoms with Gasteiger partial charge in [0.1, 0.15) is 0 Å². The second kappa shape index (κ2) is 5.59. The molecule has 1 aliphatic rings. The van der Waals surface area contributed by atoms with Gasteiger partial charge in [0.25, 0.3) is 5.91 Å². The van der Waals surface area contributed by atoms with Crippen molar-refractivity contribution in [1.82, 2.24) is 10.2 Å². The predicted molar refractivity (Wildman–Crippen MR) is 73.8 cm³/mol. The van der Waals surface area contributed by atoms with Crippen LogP contribution in [0.5, 0.6) is 0 Å². The molecule has 1 aromatic carbocycles. The lowest BCUT2D eigenvalue weighted by atomic mass is 10.0. The Kier molecular flexibility index (Phi) is 4.09. The van der Waals surface area contributed by atoms with Crippen LogP contribution < -0.4 is 11.1 Å². The van der Waals surface area contributed by atoms with Gasteiger partial charge < -0.3 is 16.0 Å². The standard InChI is InChI=1S/C13H18ClN3O/c1-17-6-4-10(5-7-17)16-13(18)11-8-9(15)2-3-12(11)14/h2-3,8,10H,4-7,15H2,1H3,(H,16,18). The highest BCUT2D eigenvalue weighted by Gasteiger charge is 2.20. The molecular weight excluding hydrogens is 250 g/mol. The first-order valence-electron chi connectivity index (χ1n) is 6.10. The summed E-state index contributed by atoms with van der Waals surface area (Å²) >= 11 is 6.01. The van der Waals surface area contributed by atoms with Gasteiger partial charge in [-0.05, 0) is 51.2 Å². The number of hydrogen-bond donors (Lipinski definition) is 2. The lowest BCUT2D eigenvalue weighted by molar-refractivity contribution is 0.0917. The fourth-order valence-electron chi connectivity index (χ4n) is 2.13. The van der Waals surface area contributed by atoms with Crippen LogP contribution in [-0.2, 0) is 0 Å². The van der Waals surface area contributed by atoms with E-state index >= 15 is 0 Å². The zero-order chi connectivity index (χ0) is 13.1. The zero-order valence-electron chi connectivity index (χ0n) is 10.4. The van der Waals surface area contributed by atoms with Gasteiger partial charge in [-0.25, -0.2) is 0 Å². The number of carbonyl (C=O) groups is 1. The van der Waals surface area contributed by atoms with Crippen molar-refractivity contribution in [3.05, 3.63) is 28.8 Å². The third-order valence-electron chi connectivity index (χ3n) is 3.29. The minimum absolute atomic E-state index is 0.137. The number of nitrogens with two attached hydrogens (primary N) is 1. The van der Waals surface area contributed by atoms with Gasteiger partial charge in [-0.3, -0.25) is 4.79 Å². The van der Waals surface area contributed by atoms with Gasteiger partial charge >= 0.3 is 0 Å². The number of carbonyl (C=O) groups excluding carboxylic acids is 1. The number of nitrogens with one attached hydrogen (secondary N) is 1. The summed E-state index contributed by atoms with van der Waals surface area (Å²) in [6.45, 7) is 2.02. The molecule has 0 unspecified atom stereocenters. The van der Waals surface area contributed by atoms with Crippen LogP contribution in [-0.4, -0.2) is 37.0 Å².